The molecular weight excluding hydrogens is 174 g/mol. The minimum absolute atomic E-state index is 0. The second-order valence-corrected chi connectivity index (χ2v) is 0.917. The van der Waals surface area contributed by atoms with Crippen molar-refractivity contribution in [1.82, 2.24) is 0 Å². The summed E-state index contributed by atoms with van der Waals surface area (Å²) >= 11 is 0. The zero-order valence-electron chi connectivity index (χ0n) is 6.53. The van der Waals surface area contributed by atoms with Crippen molar-refractivity contribution in [2.75, 3.05) is 6.54 Å². The van der Waals surface area contributed by atoms with Gasteiger partial charge in [-0.1, -0.05) is 0 Å². The molecule has 0 heterocycles. The maximum Gasteiger partial charge on any atom is 1.00 e. The second kappa shape index (κ2) is 17.0. The van der Waals surface area contributed by atoms with E-state index in [4.69, 9.17) is 15.0 Å². The summed E-state index contributed by atoms with van der Waals surface area (Å²) in [6.45, 7) is -0.278. The van der Waals surface area contributed by atoms with Gasteiger partial charge in [-0.2, -0.15) is 0 Å². The molecule has 11 heavy (non-hydrogen) atoms. The van der Waals surface area contributed by atoms with Crippen LogP contribution >= 0.6 is 0 Å². The van der Waals surface area contributed by atoms with Crippen molar-refractivity contribution < 1.29 is 78.9 Å². The fourth-order valence-electron chi connectivity index (χ4n) is 0. The molecule has 0 bridgehead atoms. The van der Waals surface area contributed by atoms with Crippen LogP contribution < -0.4 is 75.7 Å². The first kappa shape index (κ1) is 22.6. The first-order valence-corrected chi connectivity index (χ1v) is 1.89. The Hall–Kier alpha value is 0.700. The number of carbonyl (C=O) groups excluding carboxylic acids is 1. The Kier molecular flexibility index (Phi) is 34.9. The Morgan fingerprint density at radius 2 is 1.45 bits per heavy atom. The van der Waals surface area contributed by atoms with Gasteiger partial charge in [0.2, 0.25) is 0 Å². The van der Waals surface area contributed by atoms with Crippen LogP contribution in [-0.4, -0.2) is 23.7 Å². The second-order valence-electron chi connectivity index (χ2n) is 0.917. The van der Waals surface area contributed by atoms with E-state index in [-0.39, 0.29) is 65.7 Å². The Morgan fingerprint density at radius 1 is 1.36 bits per heavy atom. The number of hydrogen-bond acceptors (Lipinski definition) is 4. The van der Waals surface area contributed by atoms with Gasteiger partial charge in [0.25, 0.3) is 0 Å². The number of carboxylic acids is 1. The van der Waals surface area contributed by atoms with Crippen LogP contribution in [0, 0.1) is 0 Å². The molecule has 0 aromatic rings. The van der Waals surface area contributed by atoms with E-state index >= 15 is 0 Å². The van der Waals surface area contributed by atoms with Crippen LogP contribution in [0.25, 0.3) is 0 Å². The van der Waals surface area contributed by atoms with Gasteiger partial charge in [0.05, 0.1) is 6.54 Å². The topological polar surface area (TPSA) is 129 Å². The third-order valence-electron chi connectivity index (χ3n) is 0.175. The molecule has 0 atom stereocenters. The minimum Gasteiger partial charge on any atom is -0.530 e. The van der Waals surface area contributed by atoms with Crippen molar-refractivity contribution >= 4 is 12.1 Å². The molecule has 0 aromatic heterocycles. The van der Waals surface area contributed by atoms with E-state index < -0.39 is 12.1 Å². The van der Waals surface area contributed by atoms with Gasteiger partial charge in [-0.15, -0.1) is 0 Å². The molecule has 5 N–H and O–H groups in total. The van der Waals surface area contributed by atoms with E-state index in [2.05, 4.69) is 11.5 Å². The van der Waals surface area contributed by atoms with Gasteiger partial charge in [0, 0.05) is 0 Å². The molecule has 0 saturated carbocycles. The smallest absolute Gasteiger partial charge is 0.530 e. The summed E-state index contributed by atoms with van der Waals surface area (Å²) in [4.78, 5) is 17.9. The quantitative estimate of drug-likeness (QED) is 0.346. The summed E-state index contributed by atoms with van der Waals surface area (Å²) in [5.74, 6) is -0.968. The van der Waals surface area contributed by atoms with Crippen molar-refractivity contribution in [1.29, 1.82) is 0 Å². The van der Waals surface area contributed by atoms with Gasteiger partial charge < -0.3 is 26.5 Å². The molecular formula is C3H7N2Na2O4+. The molecule has 0 rings (SSSR count). The predicted molar refractivity (Wildman–Crippen MR) is 26.3 cm³/mol. The Balaban J connectivity index is -0.0000000383. The van der Waals surface area contributed by atoms with Crippen molar-refractivity contribution in [2.24, 2.45) is 11.5 Å². The molecule has 0 radical (unpaired) electrons. The predicted octanol–water partition coefficient (Wildman–Crippen LogP) is -8.67. The average molecular weight is 181 g/mol. The molecule has 54 valence electrons. The van der Waals surface area contributed by atoms with Crippen molar-refractivity contribution in [3.05, 3.63) is 0 Å². The number of hydrogen-bond donors (Lipinski definition) is 3. The maximum atomic E-state index is 9.24. The molecule has 0 aliphatic carbocycles. The van der Waals surface area contributed by atoms with Crippen LogP contribution in [0.4, 0.5) is 4.79 Å². The Labute approximate surface area is 108 Å². The fourth-order valence-corrected chi connectivity index (χ4v) is 0. The van der Waals surface area contributed by atoms with Crippen LogP contribution in [0.15, 0.2) is 0 Å². The van der Waals surface area contributed by atoms with Crippen LogP contribution in [0.5, 0.6) is 0 Å². The standard InChI is InChI=1S/C2H5NO2.CH3NO2.2Na/c3-1-2(4)5;2-1(3)4;;/h1,3H2,(H,4,5);2H2,(H,3,4);;/q;;2*+1/p-1. The summed E-state index contributed by atoms with van der Waals surface area (Å²) < 4.78 is 0. The normalized spacial score (nSPS) is 5.55. The number of carboxylic acid groups (broad SMARTS) is 2. The van der Waals surface area contributed by atoms with E-state index in [1.54, 1.807) is 0 Å². The summed E-state index contributed by atoms with van der Waals surface area (Å²) in [6.07, 6.45) is -1.58. The van der Waals surface area contributed by atoms with Gasteiger partial charge in [0.1, 0.15) is 6.09 Å². The van der Waals surface area contributed by atoms with Crippen LogP contribution in [0.1, 0.15) is 0 Å². The van der Waals surface area contributed by atoms with Crippen LogP contribution in [0.3, 0.4) is 0 Å². The van der Waals surface area contributed by atoms with E-state index in [0.717, 1.165) is 0 Å². The number of nitrogens with two attached hydrogens (primary N) is 2. The van der Waals surface area contributed by atoms with Crippen molar-refractivity contribution in [3.8, 4) is 0 Å². The van der Waals surface area contributed by atoms with E-state index in [0.29, 0.717) is 0 Å². The molecule has 0 spiro atoms. The first-order valence-electron chi connectivity index (χ1n) is 1.89. The Bertz CT molecular complexity index is 106. The third kappa shape index (κ3) is 111. The molecule has 0 fully saturated rings. The molecule has 1 amide bonds. The molecule has 8 heteroatoms. The van der Waals surface area contributed by atoms with Gasteiger partial charge in [-0.3, -0.25) is 4.79 Å². The van der Waals surface area contributed by atoms with Gasteiger partial charge in [0.15, 0.2) is 0 Å². The van der Waals surface area contributed by atoms with E-state index in [1.807, 2.05) is 0 Å². The van der Waals surface area contributed by atoms with Crippen molar-refractivity contribution in [3.63, 3.8) is 0 Å². The van der Waals surface area contributed by atoms with Crippen LogP contribution in [-0.2, 0) is 4.79 Å². The maximum absolute atomic E-state index is 9.24. The molecule has 0 aliphatic rings. The van der Waals surface area contributed by atoms with Gasteiger partial charge in [-0.25, -0.2) is 0 Å². The van der Waals surface area contributed by atoms with Crippen molar-refractivity contribution in [2.45, 2.75) is 0 Å². The molecule has 6 nitrogen and oxygen atoms in total. The van der Waals surface area contributed by atoms with Gasteiger partial charge in [-0.05, 0) is 0 Å². The molecule has 0 saturated heterocycles. The number of rotatable bonds is 1. The van der Waals surface area contributed by atoms with E-state index in [9.17, 15) is 4.79 Å². The third-order valence-corrected chi connectivity index (χ3v) is 0.175. The number of carbonyl (C=O) groups is 2. The fraction of sp³-hybridized carbons (Fsp3) is 0.333. The first-order chi connectivity index (χ1) is 4.00. The summed E-state index contributed by atoms with van der Waals surface area (Å²) in [5.41, 5.74) is 8.49. The summed E-state index contributed by atoms with van der Waals surface area (Å²) in [6, 6.07) is 0. The molecule has 0 aliphatic heterocycles. The summed E-state index contributed by atoms with van der Waals surface area (Å²) in [7, 11) is 0. The Morgan fingerprint density at radius 3 is 1.45 bits per heavy atom. The number of aliphatic carboxylic acids is 1. The summed E-state index contributed by atoms with van der Waals surface area (Å²) in [5, 5.41) is 16.3. The van der Waals surface area contributed by atoms with Crippen LogP contribution in [0.2, 0.25) is 0 Å². The number of primary amides is 1. The van der Waals surface area contributed by atoms with Gasteiger partial charge >= 0.3 is 65.1 Å². The van der Waals surface area contributed by atoms with E-state index in [1.165, 1.54) is 0 Å². The minimum atomic E-state index is -1.58. The average Bonchev–Trinajstić information content (AvgIpc) is 1.65. The monoisotopic (exact) mass is 181 g/mol. The number of amides is 1. The molecule has 0 aromatic carbocycles. The zero-order valence-corrected chi connectivity index (χ0v) is 10.5. The largest absolute Gasteiger partial charge is 1.00 e. The zero-order chi connectivity index (χ0) is 7.86. The SMILES string of the molecule is NC(=O)[O-].NCC(=O)O.[Na+].[Na+]. The molecule has 0 unspecified atom stereocenters.